The maximum Gasteiger partial charge on any atom is 0.277 e. The lowest BCUT2D eigenvalue weighted by atomic mass is 10.2. The van der Waals surface area contributed by atoms with Gasteiger partial charge in [0.15, 0.2) is 0 Å². The molecular weight excluding hydrogens is 400 g/mol. The molecule has 0 atom stereocenters. The fraction of sp³-hybridized carbons (Fsp3) is 0.227. The fourth-order valence-electron chi connectivity index (χ4n) is 3.01. The Hall–Kier alpha value is -2.64. The molecule has 2 heterocycles. The van der Waals surface area contributed by atoms with Crippen molar-refractivity contribution in [2.24, 2.45) is 0 Å². The molecule has 0 bridgehead atoms. The van der Waals surface area contributed by atoms with Crippen LogP contribution >= 0.6 is 23.1 Å². The fourth-order valence-corrected chi connectivity index (χ4v) is 4.60. The number of thioether (sulfide) groups is 1. The summed E-state index contributed by atoms with van der Waals surface area (Å²) in [6, 6.07) is 18.5. The van der Waals surface area contributed by atoms with Gasteiger partial charge in [-0.15, -0.1) is 21.5 Å². The molecule has 7 heteroatoms. The number of thiazole rings is 1. The second kappa shape index (κ2) is 9.24. The summed E-state index contributed by atoms with van der Waals surface area (Å²) in [7, 11) is 0. The second-order valence-corrected chi connectivity index (χ2v) is 8.18. The molecule has 0 radical (unpaired) electrons. The lowest BCUT2D eigenvalue weighted by Gasteiger charge is -2.20. The van der Waals surface area contributed by atoms with E-state index in [1.807, 2.05) is 30.3 Å². The van der Waals surface area contributed by atoms with Crippen LogP contribution in [0.1, 0.15) is 19.5 Å². The van der Waals surface area contributed by atoms with Gasteiger partial charge in [-0.2, -0.15) is 0 Å². The highest BCUT2D eigenvalue weighted by Gasteiger charge is 2.12. The van der Waals surface area contributed by atoms with Crippen molar-refractivity contribution in [2.45, 2.75) is 24.8 Å². The van der Waals surface area contributed by atoms with Gasteiger partial charge in [0.25, 0.3) is 5.22 Å². The van der Waals surface area contributed by atoms with Crippen LogP contribution in [-0.2, 0) is 5.75 Å². The van der Waals surface area contributed by atoms with E-state index >= 15 is 0 Å². The average molecular weight is 423 g/mol. The Balaban J connectivity index is 1.39. The molecule has 0 aliphatic rings. The third kappa shape index (κ3) is 4.68. The van der Waals surface area contributed by atoms with E-state index in [1.165, 1.54) is 17.4 Å². The van der Waals surface area contributed by atoms with Gasteiger partial charge >= 0.3 is 0 Å². The molecule has 0 unspecified atom stereocenters. The molecule has 0 fully saturated rings. The third-order valence-corrected chi connectivity index (χ3v) is 6.36. The second-order valence-electron chi connectivity index (χ2n) is 6.39. The Bertz CT molecular complexity index is 1040. The standard InChI is InChI=1S/C22H22N4OS2/c1-3-26(4-2)19-12-10-16(11-13-19)20-24-25-22(27-20)29-15-18-14-28-21(23-18)17-8-6-5-7-9-17/h5-14H,3-4,15H2,1-2H3. The van der Waals surface area contributed by atoms with Crippen molar-refractivity contribution in [3.63, 3.8) is 0 Å². The topological polar surface area (TPSA) is 55.1 Å². The number of benzene rings is 2. The first-order valence-corrected chi connectivity index (χ1v) is 11.4. The summed E-state index contributed by atoms with van der Waals surface area (Å²) in [4.78, 5) is 7.01. The number of rotatable bonds is 8. The number of anilines is 1. The summed E-state index contributed by atoms with van der Waals surface area (Å²) < 4.78 is 5.84. The maximum absolute atomic E-state index is 5.84. The summed E-state index contributed by atoms with van der Waals surface area (Å²) >= 11 is 3.16. The van der Waals surface area contributed by atoms with Crippen LogP contribution in [0.25, 0.3) is 22.0 Å². The van der Waals surface area contributed by atoms with Gasteiger partial charge < -0.3 is 9.32 Å². The van der Waals surface area contributed by atoms with Crippen molar-refractivity contribution in [3.8, 4) is 22.0 Å². The Morgan fingerprint density at radius 1 is 0.931 bits per heavy atom. The molecule has 0 saturated heterocycles. The van der Waals surface area contributed by atoms with Gasteiger partial charge in [0.05, 0.1) is 5.69 Å². The molecule has 0 aliphatic heterocycles. The van der Waals surface area contributed by atoms with Crippen molar-refractivity contribution >= 4 is 28.8 Å². The first-order chi connectivity index (χ1) is 14.3. The van der Waals surface area contributed by atoms with E-state index in [0.29, 0.717) is 16.9 Å². The quantitative estimate of drug-likeness (QED) is 0.325. The van der Waals surface area contributed by atoms with Crippen LogP contribution in [0, 0.1) is 0 Å². The van der Waals surface area contributed by atoms with Gasteiger partial charge in [-0.25, -0.2) is 4.98 Å². The summed E-state index contributed by atoms with van der Waals surface area (Å²) in [5.41, 5.74) is 4.29. The largest absolute Gasteiger partial charge is 0.411 e. The zero-order chi connectivity index (χ0) is 20.1. The van der Waals surface area contributed by atoms with Crippen molar-refractivity contribution < 1.29 is 4.42 Å². The highest BCUT2D eigenvalue weighted by Crippen LogP contribution is 2.29. The summed E-state index contributed by atoms with van der Waals surface area (Å²) in [6.07, 6.45) is 0. The minimum absolute atomic E-state index is 0.543. The zero-order valence-corrected chi connectivity index (χ0v) is 18.0. The molecule has 4 aromatic rings. The zero-order valence-electron chi connectivity index (χ0n) is 16.4. The van der Waals surface area contributed by atoms with Crippen molar-refractivity contribution in [2.75, 3.05) is 18.0 Å². The molecule has 4 rings (SSSR count). The minimum atomic E-state index is 0.543. The number of hydrogen-bond acceptors (Lipinski definition) is 7. The molecule has 2 aromatic carbocycles. The monoisotopic (exact) mass is 422 g/mol. The van der Waals surface area contributed by atoms with Crippen molar-refractivity contribution in [1.82, 2.24) is 15.2 Å². The van der Waals surface area contributed by atoms with Crippen LogP contribution in [0.3, 0.4) is 0 Å². The van der Waals surface area contributed by atoms with E-state index in [4.69, 9.17) is 9.40 Å². The number of aromatic nitrogens is 3. The predicted molar refractivity (Wildman–Crippen MR) is 120 cm³/mol. The minimum Gasteiger partial charge on any atom is -0.411 e. The number of hydrogen-bond donors (Lipinski definition) is 0. The number of nitrogens with zero attached hydrogens (tertiary/aromatic N) is 4. The molecule has 5 nitrogen and oxygen atoms in total. The summed E-state index contributed by atoms with van der Waals surface area (Å²) in [5, 5.41) is 12.0. The van der Waals surface area contributed by atoms with Gasteiger partial charge in [0.1, 0.15) is 5.01 Å². The van der Waals surface area contributed by atoms with Crippen LogP contribution in [0.15, 0.2) is 69.6 Å². The Morgan fingerprint density at radius 2 is 1.69 bits per heavy atom. The molecule has 148 valence electrons. The summed E-state index contributed by atoms with van der Waals surface area (Å²) in [6.45, 7) is 6.29. The lowest BCUT2D eigenvalue weighted by Crippen LogP contribution is -2.21. The molecule has 0 spiro atoms. The first-order valence-electron chi connectivity index (χ1n) is 9.58. The third-order valence-electron chi connectivity index (χ3n) is 4.57. The Morgan fingerprint density at radius 3 is 2.41 bits per heavy atom. The summed E-state index contributed by atoms with van der Waals surface area (Å²) in [5.74, 6) is 1.24. The van der Waals surface area contributed by atoms with E-state index in [-0.39, 0.29) is 0 Å². The Kier molecular flexibility index (Phi) is 6.27. The smallest absolute Gasteiger partial charge is 0.277 e. The van der Waals surface area contributed by atoms with E-state index in [0.717, 1.165) is 34.9 Å². The van der Waals surface area contributed by atoms with Crippen LogP contribution < -0.4 is 4.90 Å². The predicted octanol–water partition coefficient (Wildman–Crippen LogP) is 6.00. The van der Waals surface area contributed by atoms with Crippen LogP contribution in [-0.4, -0.2) is 28.3 Å². The van der Waals surface area contributed by atoms with E-state index < -0.39 is 0 Å². The van der Waals surface area contributed by atoms with E-state index in [1.54, 1.807) is 11.3 Å². The normalized spacial score (nSPS) is 11.0. The molecular formula is C22H22N4OS2. The van der Waals surface area contributed by atoms with Gasteiger partial charge in [0.2, 0.25) is 5.89 Å². The first kappa shape index (κ1) is 19.7. The van der Waals surface area contributed by atoms with Crippen molar-refractivity contribution in [1.29, 1.82) is 0 Å². The van der Waals surface area contributed by atoms with Gasteiger partial charge in [-0.1, -0.05) is 42.1 Å². The van der Waals surface area contributed by atoms with Gasteiger partial charge in [0, 0.05) is 41.0 Å². The SMILES string of the molecule is CCN(CC)c1ccc(-c2nnc(SCc3csc(-c4ccccc4)n3)o2)cc1. The molecule has 29 heavy (non-hydrogen) atoms. The molecule has 2 aromatic heterocycles. The van der Waals surface area contributed by atoms with Crippen LogP contribution in [0.2, 0.25) is 0 Å². The van der Waals surface area contributed by atoms with Crippen LogP contribution in [0.5, 0.6) is 0 Å². The molecule has 0 saturated carbocycles. The Labute approximate surface area is 178 Å². The lowest BCUT2D eigenvalue weighted by molar-refractivity contribution is 0.466. The average Bonchev–Trinajstić information content (AvgIpc) is 3.44. The van der Waals surface area contributed by atoms with Crippen LogP contribution in [0.4, 0.5) is 5.69 Å². The van der Waals surface area contributed by atoms with Gasteiger partial charge in [-0.3, -0.25) is 0 Å². The van der Waals surface area contributed by atoms with E-state index in [2.05, 4.69) is 58.6 Å². The van der Waals surface area contributed by atoms with E-state index in [9.17, 15) is 0 Å². The molecule has 0 aliphatic carbocycles. The molecule has 0 amide bonds. The van der Waals surface area contributed by atoms with Crippen molar-refractivity contribution in [3.05, 3.63) is 65.7 Å². The molecule has 0 N–H and O–H groups in total. The van der Waals surface area contributed by atoms with Gasteiger partial charge in [-0.05, 0) is 38.1 Å². The highest BCUT2D eigenvalue weighted by atomic mass is 32.2. The highest BCUT2D eigenvalue weighted by molar-refractivity contribution is 7.98. The maximum atomic E-state index is 5.84.